The molecular formula is C13H17ClN4O. The third kappa shape index (κ3) is 2.89. The van der Waals surface area contributed by atoms with E-state index >= 15 is 0 Å². The summed E-state index contributed by atoms with van der Waals surface area (Å²) < 4.78 is 7.21. The number of ether oxygens (including phenoxy) is 1. The maximum absolute atomic E-state index is 5.97. The Morgan fingerprint density at radius 2 is 2.32 bits per heavy atom. The maximum atomic E-state index is 5.97. The molecule has 5 nitrogen and oxygen atoms in total. The van der Waals surface area contributed by atoms with Crippen LogP contribution in [0.1, 0.15) is 24.1 Å². The molecule has 0 aliphatic heterocycles. The summed E-state index contributed by atoms with van der Waals surface area (Å²) in [7, 11) is 1.61. The number of rotatable bonds is 5. The number of hydrogen-bond donors (Lipinski definition) is 2. The molecule has 2 aromatic rings. The molecule has 19 heavy (non-hydrogen) atoms. The molecule has 0 saturated heterocycles. The van der Waals surface area contributed by atoms with Gasteiger partial charge in [-0.05, 0) is 19.1 Å². The van der Waals surface area contributed by atoms with Crippen molar-refractivity contribution in [3.8, 4) is 5.75 Å². The highest BCUT2D eigenvalue weighted by molar-refractivity contribution is 6.30. The Morgan fingerprint density at radius 3 is 2.89 bits per heavy atom. The molecular weight excluding hydrogens is 264 g/mol. The minimum Gasteiger partial charge on any atom is -0.496 e. The van der Waals surface area contributed by atoms with E-state index in [1.54, 1.807) is 19.4 Å². The molecule has 0 radical (unpaired) electrons. The summed E-state index contributed by atoms with van der Waals surface area (Å²) in [6, 6.07) is 5.29. The van der Waals surface area contributed by atoms with Gasteiger partial charge in [0.25, 0.3) is 0 Å². The van der Waals surface area contributed by atoms with Crippen LogP contribution in [-0.4, -0.2) is 16.9 Å². The van der Waals surface area contributed by atoms with Gasteiger partial charge < -0.3 is 4.74 Å². The predicted octanol–water partition coefficient (Wildman–Crippen LogP) is 2.12. The zero-order chi connectivity index (χ0) is 13.8. The SMILES string of the molecule is CCn1cc(C(NN)c2ccc(Cl)cc2OC)cn1. The van der Waals surface area contributed by atoms with Crippen molar-refractivity contribution in [1.82, 2.24) is 15.2 Å². The number of nitrogens with two attached hydrogens (primary N) is 1. The Balaban J connectivity index is 2.41. The Kier molecular flexibility index (Phi) is 4.42. The van der Waals surface area contributed by atoms with Gasteiger partial charge in [-0.2, -0.15) is 5.10 Å². The molecule has 0 amide bonds. The molecule has 1 atom stereocenters. The molecule has 0 saturated carbocycles. The zero-order valence-electron chi connectivity index (χ0n) is 10.9. The highest BCUT2D eigenvalue weighted by Gasteiger charge is 2.18. The van der Waals surface area contributed by atoms with E-state index in [1.165, 1.54) is 0 Å². The lowest BCUT2D eigenvalue weighted by Gasteiger charge is -2.18. The molecule has 1 unspecified atom stereocenters. The van der Waals surface area contributed by atoms with Crippen LogP contribution in [0.2, 0.25) is 5.02 Å². The molecule has 0 aliphatic carbocycles. The first-order valence-electron chi connectivity index (χ1n) is 6.01. The monoisotopic (exact) mass is 280 g/mol. The minimum atomic E-state index is -0.187. The van der Waals surface area contributed by atoms with Crippen molar-refractivity contribution in [1.29, 1.82) is 0 Å². The smallest absolute Gasteiger partial charge is 0.125 e. The number of hydrazine groups is 1. The summed E-state index contributed by atoms with van der Waals surface area (Å²) >= 11 is 5.97. The number of halogens is 1. The van der Waals surface area contributed by atoms with Crippen LogP contribution in [0.5, 0.6) is 5.75 Å². The second-order valence-corrected chi connectivity index (χ2v) is 4.55. The molecule has 3 N–H and O–H groups in total. The van der Waals surface area contributed by atoms with Gasteiger partial charge in [0.05, 0.1) is 19.3 Å². The third-order valence-electron chi connectivity index (χ3n) is 2.98. The lowest BCUT2D eigenvalue weighted by molar-refractivity contribution is 0.404. The number of methoxy groups -OCH3 is 1. The van der Waals surface area contributed by atoms with Gasteiger partial charge in [0.15, 0.2) is 0 Å². The molecule has 2 rings (SSSR count). The van der Waals surface area contributed by atoms with Crippen LogP contribution in [0, 0.1) is 0 Å². The Labute approximate surface area is 117 Å². The number of aryl methyl sites for hydroxylation is 1. The fraction of sp³-hybridized carbons (Fsp3) is 0.308. The Morgan fingerprint density at radius 1 is 1.53 bits per heavy atom. The van der Waals surface area contributed by atoms with Crippen LogP contribution in [-0.2, 0) is 6.54 Å². The van der Waals surface area contributed by atoms with Crippen molar-refractivity contribution >= 4 is 11.6 Å². The average molecular weight is 281 g/mol. The summed E-state index contributed by atoms with van der Waals surface area (Å²) in [5, 5.41) is 4.88. The van der Waals surface area contributed by atoms with Crippen molar-refractivity contribution in [3.05, 3.63) is 46.7 Å². The van der Waals surface area contributed by atoms with E-state index in [4.69, 9.17) is 22.2 Å². The number of hydrogen-bond acceptors (Lipinski definition) is 4. The van der Waals surface area contributed by atoms with E-state index in [1.807, 2.05) is 29.9 Å². The average Bonchev–Trinajstić information content (AvgIpc) is 2.89. The fourth-order valence-corrected chi connectivity index (χ4v) is 2.15. The Hall–Kier alpha value is -1.56. The summed E-state index contributed by atoms with van der Waals surface area (Å²) in [6.45, 7) is 2.85. The van der Waals surface area contributed by atoms with Crippen LogP contribution in [0.15, 0.2) is 30.6 Å². The lowest BCUT2D eigenvalue weighted by atomic mass is 10.0. The van der Waals surface area contributed by atoms with Crippen LogP contribution in [0.25, 0.3) is 0 Å². The van der Waals surface area contributed by atoms with Crippen LogP contribution in [0.4, 0.5) is 0 Å². The van der Waals surface area contributed by atoms with E-state index in [0.717, 1.165) is 17.7 Å². The van der Waals surface area contributed by atoms with Crippen LogP contribution in [0.3, 0.4) is 0 Å². The van der Waals surface area contributed by atoms with E-state index in [-0.39, 0.29) is 6.04 Å². The number of benzene rings is 1. The van der Waals surface area contributed by atoms with Gasteiger partial charge in [0.1, 0.15) is 5.75 Å². The van der Waals surface area contributed by atoms with Gasteiger partial charge >= 0.3 is 0 Å². The zero-order valence-corrected chi connectivity index (χ0v) is 11.7. The third-order valence-corrected chi connectivity index (χ3v) is 3.22. The molecule has 1 aromatic carbocycles. The highest BCUT2D eigenvalue weighted by atomic mass is 35.5. The first-order chi connectivity index (χ1) is 9.19. The van der Waals surface area contributed by atoms with Crippen LogP contribution >= 0.6 is 11.6 Å². The molecule has 0 fully saturated rings. The lowest BCUT2D eigenvalue weighted by Crippen LogP contribution is -2.29. The van der Waals surface area contributed by atoms with Gasteiger partial charge in [0.2, 0.25) is 0 Å². The summed E-state index contributed by atoms with van der Waals surface area (Å²) in [5.41, 5.74) is 4.69. The van der Waals surface area contributed by atoms with Crippen molar-refractivity contribution in [3.63, 3.8) is 0 Å². The van der Waals surface area contributed by atoms with E-state index in [2.05, 4.69) is 10.5 Å². The Bertz CT molecular complexity index is 555. The van der Waals surface area contributed by atoms with E-state index < -0.39 is 0 Å². The largest absolute Gasteiger partial charge is 0.496 e. The van der Waals surface area contributed by atoms with E-state index in [0.29, 0.717) is 10.8 Å². The van der Waals surface area contributed by atoms with Gasteiger partial charge in [-0.1, -0.05) is 17.7 Å². The summed E-state index contributed by atoms with van der Waals surface area (Å²) in [4.78, 5) is 0. The summed E-state index contributed by atoms with van der Waals surface area (Å²) in [6.07, 6.45) is 3.75. The van der Waals surface area contributed by atoms with Crippen molar-refractivity contribution in [2.75, 3.05) is 7.11 Å². The van der Waals surface area contributed by atoms with Crippen molar-refractivity contribution < 1.29 is 4.74 Å². The molecule has 1 aromatic heterocycles. The maximum Gasteiger partial charge on any atom is 0.125 e. The fourth-order valence-electron chi connectivity index (χ4n) is 1.99. The van der Waals surface area contributed by atoms with Gasteiger partial charge in [-0.25, -0.2) is 5.43 Å². The molecule has 0 aliphatic rings. The quantitative estimate of drug-likeness (QED) is 0.650. The van der Waals surface area contributed by atoms with Crippen molar-refractivity contribution in [2.45, 2.75) is 19.5 Å². The van der Waals surface area contributed by atoms with Gasteiger partial charge in [-0.15, -0.1) is 0 Å². The molecule has 6 heteroatoms. The summed E-state index contributed by atoms with van der Waals surface area (Å²) in [5.74, 6) is 6.37. The van der Waals surface area contributed by atoms with Gasteiger partial charge in [-0.3, -0.25) is 10.5 Å². The number of aromatic nitrogens is 2. The standard InChI is InChI=1S/C13H17ClN4O/c1-3-18-8-9(7-16-18)13(17-15)11-5-4-10(14)6-12(11)19-2/h4-8,13,17H,3,15H2,1-2H3. The molecule has 1 heterocycles. The molecule has 102 valence electrons. The highest BCUT2D eigenvalue weighted by Crippen LogP contribution is 2.31. The van der Waals surface area contributed by atoms with E-state index in [9.17, 15) is 0 Å². The number of nitrogens with zero attached hydrogens (tertiary/aromatic N) is 2. The molecule has 0 bridgehead atoms. The first kappa shape index (κ1) is 13.9. The first-order valence-corrected chi connectivity index (χ1v) is 6.39. The van der Waals surface area contributed by atoms with Crippen LogP contribution < -0.4 is 16.0 Å². The molecule has 0 spiro atoms. The second-order valence-electron chi connectivity index (χ2n) is 4.12. The minimum absolute atomic E-state index is 0.187. The van der Waals surface area contributed by atoms with Crippen molar-refractivity contribution in [2.24, 2.45) is 5.84 Å². The number of nitrogens with one attached hydrogen (secondary N) is 1. The normalized spacial score (nSPS) is 12.4. The topological polar surface area (TPSA) is 65.1 Å². The second kappa shape index (κ2) is 6.06. The van der Waals surface area contributed by atoms with Gasteiger partial charge in [0, 0.05) is 28.9 Å². The predicted molar refractivity (Wildman–Crippen MR) is 75.1 cm³/mol.